The highest BCUT2D eigenvalue weighted by Gasteiger charge is 2.14. The summed E-state index contributed by atoms with van der Waals surface area (Å²) in [5, 5.41) is 6.07. The second-order valence-corrected chi connectivity index (χ2v) is 5.01. The van der Waals surface area contributed by atoms with Crippen LogP contribution >= 0.6 is 0 Å². The minimum Gasteiger partial charge on any atom is -0.211 e. The van der Waals surface area contributed by atoms with Crippen LogP contribution in [0.25, 0.3) is 32.3 Å². The van der Waals surface area contributed by atoms with E-state index in [0.29, 0.717) is 11.4 Å². The molecule has 0 unspecified atom stereocenters. The highest BCUT2D eigenvalue weighted by atomic mass is 16.1. The first-order valence-corrected chi connectivity index (χ1v) is 6.70. The topological polar surface area (TPSA) is 58.9 Å². The summed E-state index contributed by atoms with van der Waals surface area (Å²) in [7, 11) is 0. The number of aliphatic imine (C=N–C) groups is 2. The molecule has 0 amide bonds. The van der Waals surface area contributed by atoms with Crippen molar-refractivity contribution in [1.29, 1.82) is 0 Å². The minimum absolute atomic E-state index is 0.323. The zero-order chi connectivity index (χ0) is 15.1. The molecular formula is C18H8N2O2. The maximum absolute atomic E-state index is 10.8. The van der Waals surface area contributed by atoms with E-state index in [9.17, 15) is 9.59 Å². The Labute approximate surface area is 124 Å². The predicted molar refractivity (Wildman–Crippen MR) is 85.7 cm³/mol. The third-order valence-electron chi connectivity index (χ3n) is 3.92. The van der Waals surface area contributed by atoms with Gasteiger partial charge in [0.15, 0.2) is 0 Å². The smallest absolute Gasteiger partial charge is 0.211 e. The Morgan fingerprint density at radius 2 is 1.41 bits per heavy atom. The van der Waals surface area contributed by atoms with Gasteiger partial charge in [-0.05, 0) is 33.0 Å². The van der Waals surface area contributed by atoms with Gasteiger partial charge < -0.3 is 0 Å². The lowest BCUT2D eigenvalue weighted by Gasteiger charge is -2.12. The van der Waals surface area contributed by atoms with Gasteiger partial charge in [-0.25, -0.2) is 9.59 Å². The first-order valence-electron chi connectivity index (χ1n) is 6.70. The fraction of sp³-hybridized carbons (Fsp3) is 0. The molecule has 0 aliphatic rings. The Kier molecular flexibility index (Phi) is 2.60. The molecule has 102 valence electrons. The standard InChI is InChI=1S/C18H8N2O2/c21-9-19-15-8-13-5-4-11-2-1-3-12-6-7-14(17(13)16(11)12)18(15)20-10-22/h1-8H. The van der Waals surface area contributed by atoms with E-state index in [-0.39, 0.29) is 0 Å². The molecule has 0 aliphatic heterocycles. The lowest BCUT2D eigenvalue weighted by Crippen LogP contribution is -1.84. The summed E-state index contributed by atoms with van der Waals surface area (Å²) in [6, 6.07) is 15.7. The number of hydrogen-bond donors (Lipinski definition) is 0. The second-order valence-electron chi connectivity index (χ2n) is 5.01. The first-order chi connectivity index (χ1) is 10.8. The van der Waals surface area contributed by atoms with Crippen molar-refractivity contribution >= 4 is 55.9 Å². The number of isocyanates is 2. The van der Waals surface area contributed by atoms with Crippen molar-refractivity contribution in [2.24, 2.45) is 9.98 Å². The summed E-state index contributed by atoms with van der Waals surface area (Å²) in [5.41, 5.74) is 0.674. The third-order valence-corrected chi connectivity index (χ3v) is 3.92. The van der Waals surface area contributed by atoms with Crippen molar-refractivity contribution in [2.75, 3.05) is 0 Å². The van der Waals surface area contributed by atoms with Crippen LogP contribution in [0.3, 0.4) is 0 Å². The average molecular weight is 284 g/mol. The van der Waals surface area contributed by atoms with Gasteiger partial charge in [-0.1, -0.05) is 42.5 Å². The predicted octanol–water partition coefficient (Wildman–Crippen LogP) is 4.52. The maximum Gasteiger partial charge on any atom is 0.240 e. The van der Waals surface area contributed by atoms with Crippen LogP contribution in [0.15, 0.2) is 58.5 Å². The van der Waals surface area contributed by atoms with Crippen molar-refractivity contribution in [3.63, 3.8) is 0 Å². The Morgan fingerprint density at radius 3 is 2.14 bits per heavy atom. The largest absolute Gasteiger partial charge is 0.240 e. The lowest BCUT2D eigenvalue weighted by atomic mass is 9.93. The average Bonchev–Trinajstić information content (AvgIpc) is 2.55. The van der Waals surface area contributed by atoms with E-state index in [0.717, 1.165) is 32.3 Å². The number of benzene rings is 4. The molecule has 0 heterocycles. The molecule has 22 heavy (non-hydrogen) atoms. The van der Waals surface area contributed by atoms with Gasteiger partial charge >= 0.3 is 0 Å². The summed E-state index contributed by atoms with van der Waals surface area (Å²) in [4.78, 5) is 28.8. The molecule has 0 atom stereocenters. The van der Waals surface area contributed by atoms with Gasteiger partial charge in [0.25, 0.3) is 0 Å². The minimum atomic E-state index is 0.323. The molecule has 0 bridgehead atoms. The van der Waals surface area contributed by atoms with Crippen molar-refractivity contribution in [3.05, 3.63) is 48.5 Å². The van der Waals surface area contributed by atoms with Crippen molar-refractivity contribution in [1.82, 2.24) is 0 Å². The molecule has 4 nitrogen and oxygen atoms in total. The van der Waals surface area contributed by atoms with Crippen LogP contribution in [-0.4, -0.2) is 12.2 Å². The second kappa shape index (κ2) is 4.61. The SMILES string of the molecule is O=C=Nc1cc2ccc3cccc4ccc(c1N=C=O)c2c34. The monoisotopic (exact) mass is 284 g/mol. The summed E-state index contributed by atoms with van der Waals surface area (Å²) in [5.74, 6) is 0. The summed E-state index contributed by atoms with van der Waals surface area (Å²) in [6.07, 6.45) is 3.05. The van der Waals surface area contributed by atoms with Crippen molar-refractivity contribution < 1.29 is 9.59 Å². The Balaban J connectivity index is 2.35. The highest BCUT2D eigenvalue weighted by Crippen LogP contribution is 2.43. The quantitative estimate of drug-likeness (QED) is 0.309. The van der Waals surface area contributed by atoms with E-state index in [1.165, 1.54) is 6.08 Å². The molecule has 0 aliphatic carbocycles. The molecule has 0 radical (unpaired) electrons. The van der Waals surface area contributed by atoms with Crippen LogP contribution in [-0.2, 0) is 9.59 Å². The normalized spacial score (nSPS) is 10.7. The van der Waals surface area contributed by atoms with E-state index in [4.69, 9.17) is 0 Å². The first kappa shape index (κ1) is 12.4. The molecule has 0 saturated carbocycles. The molecule has 0 saturated heterocycles. The van der Waals surface area contributed by atoms with Gasteiger partial charge in [-0.2, -0.15) is 9.98 Å². The van der Waals surface area contributed by atoms with Crippen LogP contribution in [0.5, 0.6) is 0 Å². The van der Waals surface area contributed by atoms with Gasteiger partial charge in [0.05, 0.1) is 0 Å². The van der Waals surface area contributed by atoms with Crippen molar-refractivity contribution in [2.45, 2.75) is 0 Å². The zero-order valence-corrected chi connectivity index (χ0v) is 11.3. The van der Waals surface area contributed by atoms with Gasteiger partial charge in [0.2, 0.25) is 12.2 Å². The van der Waals surface area contributed by atoms with Crippen LogP contribution in [0, 0.1) is 0 Å². The third kappa shape index (κ3) is 1.60. The maximum atomic E-state index is 10.8. The van der Waals surface area contributed by atoms with Crippen LogP contribution in [0.2, 0.25) is 0 Å². The molecule has 4 aromatic carbocycles. The van der Waals surface area contributed by atoms with E-state index in [2.05, 4.69) is 9.98 Å². The van der Waals surface area contributed by atoms with Gasteiger partial charge in [-0.3, -0.25) is 0 Å². The Morgan fingerprint density at radius 1 is 0.727 bits per heavy atom. The molecule has 0 spiro atoms. The number of hydrogen-bond acceptors (Lipinski definition) is 4. The van der Waals surface area contributed by atoms with E-state index in [1.807, 2.05) is 42.5 Å². The molecule has 0 fully saturated rings. The van der Waals surface area contributed by atoms with Gasteiger partial charge in [-0.15, -0.1) is 0 Å². The summed E-state index contributed by atoms with van der Waals surface area (Å²) < 4.78 is 0. The molecule has 0 aromatic heterocycles. The lowest BCUT2D eigenvalue weighted by molar-refractivity contribution is 0.564. The van der Waals surface area contributed by atoms with Crippen LogP contribution in [0.1, 0.15) is 0 Å². The molecule has 4 heteroatoms. The fourth-order valence-corrected chi connectivity index (χ4v) is 3.08. The van der Waals surface area contributed by atoms with Crippen LogP contribution < -0.4 is 0 Å². The highest BCUT2D eigenvalue weighted by molar-refractivity contribution is 6.26. The van der Waals surface area contributed by atoms with Gasteiger partial charge in [0, 0.05) is 5.39 Å². The zero-order valence-electron chi connectivity index (χ0n) is 11.3. The Bertz CT molecular complexity index is 1120. The Hall–Kier alpha value is -3.32. The number of nitrogens with zero attached hydrogens (tertiary/aromatic N) is 2. The van der Waals surface area contributed by atoms with E-state index in [1.54, 1.807) is 12.1 Å². The molecular weight excluding hydrogens is 276 g/mol. The molecule has 0 N–H and O–H groups in total. The summed E-state index contributed by atoms with van der Waals surface area (Å²) in [6.45, 7) is 0. The molecule has 4 aromatic rings. The van der Waals surface area contributed by atoms with Crippen molar-refractivity contribution in [3.8, 4) is 0 Å². The van der Waals surface area contributed by atoms with Crippen LogP contribution in [0.4, 0.5) is 11.4 Å². The fourth-order valence-electron chi connectivity index (χ4n) is 3.08. The number of carbonyl (C=O) groups excluding carboxylic acids is 2. The van der Waals surface area contributed by atoms with E-state index < -0.39 is 0 Å². The van der Waals surface area contributed by atoms with E-state index >= 15 is 0 Å². The summed E-state index contributed by atoms with van der Waals surface area (Å²) >= 11 is 0. The number of rotatable bonds is 2. The van der Waals surface area contributed by atoms with Gasteiger partial charge in [0.1, 0.15) is 11.4 Å². The molecule has 4 rings (SSSR count).